The average molecular weight is 253 g/mol. The number of carbonyl (C=O) groups excluding carboxylic acids is 1. The van der Waals surface area contributed by atoms with Gasteiger partial charge < -0.3 is 9.84 Å². The first kappa shape index (κ1) is 11.8. The molecule has 0 saturated carbocycles. The third kappa shape index (κ3) is 1.84. The van der Waals surface area contributed by atoms with Gasteiger partial charge in [-0.15, -0.1) is 0 Å². The predicted molar refractivity (Wildman–Crippen MR) is 64.7 cm³/mol. The number of amides is 1. The number of carboxylic acid groups (broad SMARTS) is 1. The van der Waals surface area contributed by atoms with Crippen molar-refractivity contribution in [1.29, 1.82) is 0 Å². The van der Waals surface area contributed by atoms with Crippen LogP contribution in [-0.4, -0.2) is 35.4 Å². The molecule has 6 heteroatoms. The first-order chi connectivity index (χ1) is 8.06. The van der Waals surface area contributed by atoms with Crippen LogP contribution in [0.5, 0.6) is 5.75 Å². The molecule has 1 aliphatic heterocycles. The number of rotatable bonds is 3. The minimum Gasteiger partial charge on any atom is -0.497 e. The van der Waals surface area contributed by atoms with Crippen LogP contribution in [0, 0.1) is 0 Å². The molecule has 2 atom stereocenters. The Morgan fingerprint density at radius 2 is 2.00 bits per heavy atom. The zero-order chi connectivity index (χ0) is 12.6. The molecule has 0 aliphatic carbocycles. The quantitative estimate of drug-likeness (QED) is 0.617. The normalized spacial score (nSPS) is 23.2. The van der Waals surface area contributed by atoms with E-state index in [0.29, 0.717) is 11.4 Å². The fourth-order valence-electron chi connectivity index (χ4n) is 1.75. The highest BCUT2D eigenvalue weighted by Crippen LogP contribution is 2.32. The van der Waals surface area contributed by atoms with Gasteiger partial charge in [0.15, 0.2) is 6.04 Å². The van der Waals surface area contributed by atoms with Gasteiger partial charge in [-0.05, 0) is 24.3 Å². The summed E-state index contributed by atoms with van der Waals surface area (Å²) in [5, 5.41) is 8.22. The molecule has 2 rings (SSSR count). The lowest BCUT2D eigenvalue weighted by atomic mass is 10.00. The average Bonchev–Trinajstić information content (AvgIpc) is 2.34. The molecule has 1 N–H and O–H groups in total. The van der Waals surface area contributed by atoms with Crippen LogP contribution in [0.4, 0.5) is 5.69 Å². The van der Waals surface area contributed by atoms with Crippen molar-refractivity contribution < 1.29 is 19.4 Å². The monoisotopic (exact) mass is 253 g/mol. The first-order valence-electron chi connectivity index (χ1n) is 4.94. The Bertz CT molecular complexity index is 459. The van der Waals surface area contributed by atoms with Crippen molar-refractivity contribution in [3.05, 3.63) is 24.3 Å². The highest BCUT2D eigenvalue weighted by Gasteiger charge is 2.50. The van der Waals surface area contributed by atoms with E-state index in [9.17, 15) is 9.59 Å². The third-order valence-corrected chi connectivity index (χ3v) is 3.17. The summed E-state index contributed by atoms with van der Waals surface area (Å²) in [6, 6.07) is 5.73. The number of methoxy groups -OCH3 is 1. The lowest BCUT2D eigenvalue weighted by Gasteiger charge is -2.42. The highest BCUT2D eigenvalue weighted by atomic mass is 32.1. The smallest absolute Gasteiger partial charge is 0.328 e. The topological polar surface area (TPSA) is 66.8 Å². The number of β-lactam (4-membered cyclic amide) rings is 1. The summed E-state index contributed by atoms with van der Waals surface area (Å²) in [6.07, 6.45) is 0. The number of benzene rings is 1. The fourth-order valence-corrected chi connectivity index (χ4v) is 2.14. The number of ether oxygens (including phenoxy) is 1. The lowest BCUT2D eigenvalue weighted by Crippen LogP contribution is -2.66. The standard InChI is InChI=1S/C11H11NO4S/c1-16-7-4-2-6(3-5-7)12-8(11(14)15)9(17)10(12)13/h2-5,8-9,17H,1H3,(H,14,15). The van der Waals surface area contributed by atoms with E-state index in [-0.39, 0.29) is 5.91 Å². The van der Waals surface area contributed by atoms with E-state index in [1.807, 2.05) is 0 Å². The summed E-state index contributed by atoms with van der Waals surface area (Å²) in [5.74, 6) is -0.706. The zero-order valence-electron chi connectivity index (χ0n) is 9.03. The van der Waals surface area contributed by atoms with Crippen LogP contribution >= 0.6 is 12.6 Å². The minimum absolute atomic E-state index is 0.300. The summed E-state index contributed by atoms with van der Waals surface area (Å²) in [4.78, 5) is 23.8. The molecule has 1 amide bonds. The van der Waals surface area contributed by atoms with Crippen molar-refractivity contribution >= 4 is 30.2 Å². The molecule has 1 aliphatic rings. The van der Waals surface area contributed by atoms with Gasteiger partial charge >= 0.3 is 5.97 Å². The Kier molecular flexibility index (Phi) is 2.97. The summed E-state index contributed by atoms with van der Waals surface area (Å²) in [6.45, 7) is 0. The lowest BCUT2D eigenvalue weighted by molar-refractivity contribution is -0.144. The molecule has 90 valence electrons. The Morgan fingerprint density at radius 1 is 1.41 bits per heavy atom. The largest absolute Gasteiger partial charge is 0.497 e. The Labute approximate surface area is 103 Å². The van der Waals surface area contributed by atoms with Gasteiger partial charge in [0.25, 0.3) is 0 Å². The van der Waals surface area contributed by atoms with Gasteiger partial charge in [0.1, 0.15) is 11.0 Å². The summed E-state index contributed by atoms with van der Waals surface area (Å²) >= 11 is 3.97. The van der Waals surface area contributed by atoms with Crippen LogP contribution in [0.2, 0.25) is 0 Å². The number of thiol groups is 1. The zero-order valence-corrected chi connectivity index (χ0v) is 9.92. The van der Waals surface area contributed by atoms with Crippen LogP contribution < -0.4 is 9.64 Å². The van der Waals surface area contributed by atoms with Crippen molar-refractivity contribution in [1.82, 2.24) is 0 Å². The molecule has 1 heterocycles. The van der Waals surface area contributed by atoms with E-state index in [2.05, 4.69) is 12.6 Å². The van der Waals surface area contributed by atoms with E-state index in [4.69, 9.17) is 9.84 Å². The van der Waals surface area contributed by atoms with Crippen LogP contribution in [0.15, 0.2) is 24.3 Å². The number of carboxylic acids is 1. The molecule has 2 unspecified atom stereocenters. The molecular weight excluding hydrogens is 242 g/mol. The van der Waals surface area contributed by atoms with Gasteiger partial charge in [0, 0.05) is 5.69 Å². The molecule has 1 fully saturated rings. The summed E-state index contributed by atoms with van der Waals surface area (Å²) in [5.41, 5.74) is 0.536. The van der Waals surface area contributed by atoms with Crippen molar-refractivity contribution in [2.45, 2.75) is 11.3 Å². The second-order valence-corrected chi connectivity index (χ2v) is 4.19. The molecular formula is C11H11NO4S. The number of aliphatic carboxylic acids is 1. The molecule has 1 saturated heterocycles. The number of nitrogens with zero attached hydrogens (tertiary/aromatic N) is 1. The van der Waals surface area contributed by atoms with Crippen LogP contribution in [0.3, 0.4) is 0 Å². The summed E-state index contributed by atoms with van der Waals surface area (Å²) in [7, 11) is 1.54. The van der Waals surface area contributed by atoms with Gasteiger partial charge in [-0.25, -0.2) is 4.79 Å². The van der Waals surface area contributed by atoms with E-state index in [0.717, 1.165) is 0 Å². The van der Waals surface area contributed by atoms with Gasteiger partial charge in [0.2, 0.25) is 5.91 Å². The van der Waals surface area contributed by atoms with Gasteiger partial charge in [-0.3, -0.25) is 9.69 Å². The van der Waals surface area contributed by atoms with Gasteiger partial charge in [-0.2, -0.15) is 12.6 Å². The van der Waals surface area contributed by atoms with E-state index in [1.165, 1.54) is 12.0 Å². The van der Waals surface area contributed by atoms with Crippen molar-refractivity contribution in [2.24, 2.45) is 0 Å². The Morgan fingerprint density at radius 3 is 2.47 bits per heavy atom. The van der Waals surface area contributed by atoms with Crippen molar-refractivity contribution in [3.8, 4) is 5.75 Å². The maximum absolute atomic E-state index is 11.6. The number of anilines is 1. The Balaban J connectivity index is 2.26. The molecule has 0 radical (unpaired) electrons. The summed E-state index contributed by atoms with van der Waals surface area (Å²) < 4.78 is 4.99. The van der Waals surface area contributed by atoms with E-state index < -0.39 is 17.3 Å². The minimum atomic E-state index is -1.06. The van der Waals surface area contributed by atoms with E-state index in [1.54, 1.807) is 24.3 Å². The maximum Gasteiger partial charge on any atom is 0.328 e. The van der Waals surface area contributed by atoms with Gasteiger partial charge in [0.05, 0.1) is 7.11 Å². The number of hydrogen-bond acceptors (Lipinski definition) is 4. The van der Waals surface area contributed by atoms with Gasteiger partial charge in [-0.1, -0.05) is 0 Å². The Hall–Kier alpha value is -1.69. The maximum atomic E-state index is 11.6. The third-order valence-electron chi connectivity index (χ3n) is 2.67. The second kappa shape index (κ2) is 4.29. The molecule has 0 bridgehead atoms. The van der Waals surface area contributed by atoms with Crippen molar-refractivity contribution in [2.75, 3.05) is 12.0 Å². The SMILES string of the molecule is COc1ccc(N2C(=O)C(S)C2C(=O)O)cc1. The second-order valence-electron chi connectivity index (χ2n) is 3.63. The first-order valence-corrected chi connectivity index (χ1v) is 5.46. The van der Waals surface area contributed by atoms with Crippen LogP contribution in [-0.2, 0) is 9.59 Å². The molecule has 1 aromatic rings. The predicted octanol–water partition coefficient (Wildman–Crippen LogP) is 0.793. The number of hydrogen-bond donors (Lipinski definition) is 2. The molecule has 5 nitrogen and oxygen atoms in total. The molecule has 0 spiro atoms. The van der Waals surface area contributed by atoms with Crippen LogP contribution in [0.25, 0.3) is 0 Å². The van der Waals surface area contributed by atoms with E-state index >= 15 is 0 Å². The molecule has 17 heavy (non-hydrogen) atoms. The highest BCUT2D eigenvalue weighted by molar-refractivity contribution is 7.82. The van der Waals surface area contributed by atoms with Crippen LogP contribution in [0.1, 0.15) is 0 Å². The number of carbonyl (C=O) groups is 2. The van der Waals surface area contributed by atoms with Crippen molar-refractivity contribution in [3.63, 3.8) is 0 Å². The fraction of sp³-hybridized carbons (Fsp3) is 0.273. The molecule has 1 aromatic carbocycles. The molecule has 0 aromatic heterocycles.